The molecule has 0 aromatic heterocycles. The molecule has 0 fully saturated rings. The smallest absolute Gasteiger partial charge is 0.116 e. The molecule has 14 heavy (non-hydrogen) atoms. The van der Waals surface area contributed by atoms with Gasteiger partial charge in [-0.15, -0.1) is 0 Å². The average Bonchev–Trinajstić information content (AvgIpc) is 2.18. The van der Waals surface area contributed by atoms with Crippen molar-refractivity contribution in [3.63, 3.8) is 0 Å². The molecule has 1 aromatic carbocycles. The molecule has 0 spiro atoms. The zero-order valence-electron chi connectivity index (χ0n) is 8.96. The maximum Gasteiger partial charge on any atom is 0.116 e. The van der Waals surface area contributed by atoms with E-state index in [2.05, 4.69) is 19.9 Å². The predicted molar refractivity (Wildman–Crippen MR) is 61.3 cm³/mol. The molecule has 0 heterocycles. The Balaban J connectivity index is 2.68. The molecule has 0 saturated heterocycles. The van der Waals surface area contributed by atoms with Gasteiger partial charge in [-0.2, -0.15) is 0 Å². The fraction of sp³-hybridized carbons (Fsp3) is 0.385. The van der Waals surface area contributed by atoms with E-state index in [0.29, 0.717) is 5.75 Å². The third-order valence-electron chi connectivity index (χ3n) is 2.31. The molecule has 1 aromatic rings. The molecule has 0 atom stereocenters. The van der Waals surface area contributed by atoms with Crippen LogP contribution in [0.1, 0.15) is 38.7 Å². The van der Waals surface area contributed by atoms with Gasteiger partial charge in [-0.3, -0.25) is 0 Å². The van der Waals surface area contributed by atoms with Crippen molar-refractivity contribution in [3.8, 4) is 5.75 Å². The molecular formula is C13H18O. The second-order valence-corrected chi connectivity index (χ2v) is 3.58. The summed E-state index contributed by atoms with van der Waals surface area (Å²) in [5.74, 6) is 0.339. The summed E-state index contributed by atoms with van der Waals surface area (Å²) in [7, 11) is 0. The number of unbranched alkanes of at least 4 members (excludes halogenated alkanes) is 2. The van der Waals surface area contributed by atoms with Crippen molar-refractivity contribution in [2.24, 2.45) is 0 Å². The van der Waals surface area contributed by atoms with Gasteiger partial charge < -0.3 is 5.11 Å². The van der Waals surface area contributed by atoms with E-state index < -0.39 is 0 Å². The minimum Gasteiger partial charge on any atom is -0.508 e. The fourth-order valence-corrected chi connectivity index (χ4v) is 1.39. The first-order valence-corrected chi connectivity index (χ1v) is 5.20. The van der Waals surface area contributed by atoms with Crippen LogP contribution in [0.3, 0.4) is 0 Å². The third kappa shape index (κ3) is 3.25. The van der Waals surface area contributed by atoms with E-state index in [1.54, 1.807) is 12.1 Å². The number of aromatic hydroxyl groups is 1. The maximum atomic E-state index is 9.31. The zero-order chi connectivity index (χ0) is 10.4. The van der Waals surface area contributed by atoms with Crippen LogP contribution in [0.2, 0.25) is 0 Å². The molecule has 0 saturated carbocycles. The summed E-state index contributed by atoms with van der Waals surface area (Å²) in [5, 5.41) is 9.31. The van der Waals surface area contributed by atoms with Gasteiger partial charge in [0.25, 0.3) is 0 Å². The number of rotatable bonds is 4. The molecular weight excluding hydrogens is 172 g/mol. The number of allylic oxidation sites excluding steroid dienone is 2. The maximum absolute atomic E-state index is 9.31. The summed E-state index contributed by atoms with van der Waals surface area (Å²) >= 11 is 0. The molecule has 0 aliphatic heterocycles. The van der Waals surface area contributed by atoms with Gasteiger partial charge in [0.1, 0.15) is 5.75 Å². The third-order valence-corrected chi connectivity index (χ3v) is 2.31. The Morgan fingerprint density at radius 2 is 2.21 bits per heavy atom. The molecule has 76 valence electrons. The van der Waals surface area contributed by atoms with Gasteiger partial charge in [-0.1, -0.05) is 38.0 Å². The molecule has 0 radical (unpaired) electrons. The lowest BCUT2D eigenvalue weighted by Gasteiger charge is -2.02. The normalized spacial score (nSPS) is 11.7. The predicted octanol–water partition coefficient (Wildman–Crippen LogP) is 3.99. The molecule has 1 heteroatoms. The largest absolute Gasteiger partial charge is 0.508 e. The molecule has 0 unspecified atom stereocenters. The van der Waals surface area contributed by atoms with E-state index in [-0.39, 0.29) is 0 Å². The first-order valence-electron chi connectivity index (χ1n) is 5.20. The van der Waals surface area contributed by atoms with Crippen molar-refractivity contribution in [3.05, 3.63) is 35.9 Å². The van der Waals surface area contributed by atoms with Crippen LogP contribution in [0.5, 0.6) is 5.75 Å². The highest BCUT2D eigenvalue weighted by Crippen LogP contribution is 2.19. The van der Waals surface area contributed by atoms with Crippen LogP contribution in [0.15, 0.2) is 30.3 Å². The Labute approximate surface area is 86.1 Å². The summed E-state index contributed by atoms with van der Waals surface area (Å²) in [6.07, 6.45) is 5.82. The van der Waals surface area contributed by atoms with Crippen LogP contribution in [-0.4, -0.2) is 5.11 Å². The van der Waals surface area contributed by atoms with Crippen LogP contribution in [-0.2, 0) is 0 Å². The number of phenolic OH excluding ortho intramolecular Hbond substituents is 1. The van der Waals surface area contributed by atoms with Crippen molar-refractivity contribution in [1.82, 2.24) is 0 Å². The molecule has 1 rings (SSSR count). The Bertz CT molecular complexity index is 313. The minimum atomic E-state index is 0.339. The standard InChI is InChI=1S/C13H18O/c1-3-4-5-7-11(2)12-8-6-9-13(14)10-12/h6-10,14H,3-5H2,1-2H3/b11-7+. The number of hydrogen-bond donors (Lipinski definition) is 1. The second-order valence-electron chi connectivity index (χ2n) is 3.58. The van der Waals surface area contributed by atoms with Gasteiger partial charge >= 0.3 is 0 Å². The van der Waals surface area contributed by atoms with Gasteiger partial charge in [0, 0.05) is 0 Å². The van der Waals surface area contributed by atoms with E-state index in [9.17, 15) is 5.11 Å². The molecule has 0 amide bonds. The van der Waals surface area contributed by atoms with Crippen LogP contribution in [0, 0.1) is 0 Å². The summed E-state index contributed by atoms with van der Waals surface area (Å²) in [4.78, 5) is 0. The van der Waals surface area contributed by atoms with Crippen molar-refractivity contribution >= 4 is 5.57 Å². The van der Waals surface area contributed by atoms with E-state index in [1.165, 1.54) is 18.4 Å². The first-order chi connectivity index (χ1) is 6.74. The lowest BCUT2D eigenvalue weighted by atomic mass is 10.1. The van der Waals surface area contributed by atoms with Crippen molar-refractivity contribution in [2.75, 3.05) is 0 Å². The van der Waals surface area contributed by atoms with Crippen LogP contribution < -0.4 is 0 Å². The molecule has 0 bridgehead atoms. The Morgan fingerprint density at radius 1 is 1.43 bits per heavy atom. The van der Waals surface area contributed by atoms with Crippen LogP contribution in [0.25, 0.3) is 5.57 Å². The van der Waals surface area contributed by atoms with Crippen LogP contribution >= 0.6 is 0 Å². The summed E-state index contributed by atoms with van der Waals surface area (Å²) in [6, 6.07) is 7.40. The van der Waals surface area contributed by atoms with Gasteiger partial charge in [0.05, 0.1) is 0 Å². The van der Waals surface area contributed by atoms with Crippen molar-refractivity contribution in [2.45, 2.75) is 33.1 Å². The highest BCUT2D eigenvalue weighted by Gasteiger charge is 1.95. The Hall–Kier alpha value is -1.24. The van der Waals surface area contributed by atoms with Crippen molar-refractivity contribution in [1.29, 1.82) is 0 Å². The van der Waals surface area contributed by atoms with Gasteiger partial charge in [-0.25, -0.2) is 0 Å². The lowest BCUT2D eigenvalue weighted by Crippen LogP contribution is -1.79. The first kappa shape index (κ1) is 10.8. The topological polar surface area (TPSA) is 20.2 Å². The highest BCUT2D eigenvalue weighted by molar-refractivity contribution is 5.64. The number of phenols is 1. The molecule has 0 aliphatic rings. The second kappa shape index (κ2) is 5.48. The minimum absolute atomic E-state index is 0.339. The fourth-order valence-electron chi connectivity index (χ4n) is 1.39. The Kier molecular flexibility index (Phi) is 4.24. The summed E-state index contributed by atoms with van der Waals surface area (Å²) in [5.41, 5.74) is 2.36. The van der Waals surface area contributed by atoms with Gasteiger partial charge in [0.15, 0.2) is 0 Å². The lowest BCUT2D eigenvalue weighted by molar-refractivity contribution is 0.475. The SMILES string of the molecule is CCCC/C=C(\C)c1cccc(O)c1. The quantitative estimate of drug-likeness (QED) is 0.712. The van der Waals surface area contributed by atoms with Crippen molar-refractivity contribution < 1.29 is 5.11 Å². The zero-order valence-corrected chi connectivity index (χ0v) is 8.96. The summed E-state index contributed by atoms with van der Waals surface area (Å²) in [6.45, 7) is 4.28. The van der Waals surface area contributed by atoms with E-state index in [1.807, 2.05) is 12.1 Å². The number of benzene rings is 1. The number of hydrogen-bond acceptors (Lipinski definition) is 1. The van der Waals surface area contributed by atoms with E-state index in [4.69, 9.17) is 0 Å². The van der Waals surface area contributed by atoms with Crippen LogP contribution in [0.4, 0.5) is 0 Å². The molecule has 1 N–H and O–H groups in total. The highest BCUT2D eigenvalue weighted by atomic mass is 16.3. The molecule has 0 aliphatic carbocycles. The van der Waals surface area contributed by atoms with E-state index in [0.717, 1.165) is 12.0 Å². The van der Waals surface area contributed by atoms with Gasteiger partial charge in [-0.05, 0) is 36.6 Å². The average molecular weight is 190 g/mol. The molecule has 1 nitrogen and oxygen atoms in total. The van der Waals surface area contributed by atoms with Gasteiger partial charge in [0.2, 0.25) is 0 Å². The van der Waals surface area contributed by atoms with E-state index >= 15 is 0 Å². The summed E-state index contributed by atoms with van der Waals surface area (Å²) < 4.78 is 0. The Morgan fingerprint density at radius 3 is 2.86 bits per heavy atom. The monoisotopic (exact) mass is 190 g/mol.